The largest absolute Gasteiger partial charge is 0.460 e. The van der Waals surface area contributed by atoms with E-state index in [4.69, 9.17) is 16.0 Å². The Bertz CT molecular complexity index is 518. The van der Waals surface area contributed by atoms with E-state index >= 15 is 0 Å². The van der Waals surface area contributed by atoms with Crippen molar-refractivity contribution < 1.29 is 4.42 Å². The van der Waals surface area contributed by atoms with Crippen LogP contribution in [0.4, 0.5) is 0 Å². The van der Waals surface area contributed by atoms with Crippen LogP contribution < -0.4 is 5.32 Å². The molecule has 1 aromatic carbocycles. The van der Waals surface area contributed by atoms with Crippen LogP contribution in [0, 0.1) is 0 Å². The fraction of sp³-hybridized carbons (Fsp3) is 0.444. The molecule has 0 unspecified atom stereocenters. The van der Waals surface area contributed by atoms with Crippen LogP contribution in [0.3, 0.4) is 0 Å². The smallest absolute Gasteiger partial charge is 0.134 e. The summed E-state index contributed by atoms with van der Waals surface area (Å²) in [5, 5.41) is 4.18. The Hall–Kier alpha value is -1.25. The molecule has 1 heterocycles. The SMILES string of the molecule is CCCCCCCNCc1ccc(-c2ccc(Cl)cc2)o1. The van der Waals surface area contributed by atoms with Gasteiger partial charge in [-0.2, -0.15) is 0 Å². The van der Waals surface area contributed by atoms with Crippen LogP contribution in [0.1, 0.15) is 44.8 Å². The maximum absolute atomic E-state index is 5.89. The summed E-state index contributed by atoms with van der Waals surface area (Å²) in [6.07, 6.45) is 6.55. The summed E-state index contributed by atoms with van der Waals surface area (Å²) in [7, 11) is 0. The van der Waals surface area contributed by atoms with Crippen molar-refractivity contribution in [3.05, 3.63) is 47.2 Å². The predicted octanol–water partition coefficient (Wildman–Crippen LogP) is 5.66. The van der Waals surface area contributed by atoms with Gasteiger partial charge in [-0.3, -0.25) is 0 Å². The first-order valence-electron chi connectivity index (χ1n) is 7.85. The second-order valence-electron chi connectivity index (χ2n) is 5.36. The summed E-state index contributed by atoms with van der Waals surface area (Å²) >= 11 is 5.89. The van der Waals surface area contributed by atoms with Crippen molar-refractivity contribution in [1.29, 1.82) is 0 Å². The molecule has 0 saturated heterocycles. The summed E-state index contributed by atoms with van der Waals surface area (Å²) in [4.78, 5) is 0. The Morgan fingerprint density at radius 2 is 1.71 bits per heavy atom. The van der Waals surface area contributed by atoms with E-state index in [0.29, 0.717) is 0 Å². The molecule has 3 heteroatoms. The zero-order chi connectivity index (χ0) is 14.9. The van der Waals surface area contributed by atoms with Crippen LogP contribution in [-0.2, 0) is 6.54 Å². The molecule has 0 amide bonds. The first-order chi connectivity index (χ1) is 10.3. The molecule has 1 N–H and O–H groups in total. The molecule has 0 bridgehead atoms. The van der Waals surface area contributed by atoms with E-state index < -0.39 is 0 Å². The zero-order valence-corrected chi connectivity index (χ0v) is 13.5. The summed E-state index contributed by atoms with van der Waals surface area (Å²) in [5.41, 5.74) is 1.06. The van der Waals surface area contributed by atoms with Gasteiger partial charge in [0.15, 0.2) is 0 Å². The lowest BCUT2D eigenvalue weighted by molar-refractivity contribution is 0.486. The number of rotatable bonds is 9. The number of unbranched alkanes of at least 4 members (excludes halogenated alkanes) is 4. The second-order valence-corrected chi connectivity index (χ2v) is 5.80. The quantitative estimate of drug-likeness (QED) is 0.605. The summed E-state index contributed by atoms with van der Waals surface area (Å²) < 4.78 is 5.85. The third-order valence-electron chi connectivity index (χ3n) is 3.55. The van der Waals surface area contributed by atoms with Crippen molar-refractivity contribution in [2.75, 3.05) is 6.54 Å². The molecule has 0 spiro atoms. The van der Waals surface area contributed by atoms with E-state index in [2.05, 4.69) is 12.2 Å². The van der Waals surface area contributed by atoms with Gasteiger partial charge in [0.05, 0.1) is 6.54 Å². The number of furan rings is 1. The Kier molecular flexibility index (Phi) is 6.84. The molecular formula is C18H24ClNO. The zero-order valence-electron chi connectivity index (χ0n) is 12.7. The summed E-state index contributed by atoms with van der Waals surface area (Å²) in [6.45, 7) is 4.09. The van der Waals surface area contributed by atoms with Gasteiger partial charge < -0.3 is 9.73 Å². The van der Waals surface area contributed by atoms with Crippen LogP contribution >= 0.6 is 11.6 Å². The minimum Gasteiger partial charge on any atom is -0.460 e. The fourth-order valence-electron chi connectivity index (χ4n) is 2.31. The lowest BCUT2D eigenvalue weighted by Crippen LogP contribution is -2.14. The van der Waals surface area contributed by atoms with E-state index in [9.17, 15) is 0 Å². The monoisotopic (exact) mass is 305 g/mol. The molecule has 2 rings (SSSR count). The highest BCUT2D eigenvalue weighted by molar-refractivity contribution is 6.30. The highest BCUT2D eigenvalue weighted by Crippen LogP contribution is 2.23. The topological polar surface area (TPSA) is 25.2 Å². The predicted molar refractivity (Wildman–Crippen MR) is 89.6 cm³/mol. The van der Waals surface area contributed by atoms with Crippen LogP contribution in [0.2, 0.25) is 5.02 Å². The van der Waals surface area contributed by atoms with Gasteiger partial charge >= 0.3 is 0 Å². The first-order valence-corrected chi connectivity index (χ1v) is 8.23. The average molecular weight is 306 g/mol. The normalized spacial score (nSPS) is 11.0. The maximum Gasteiger partial charge on any atom is 0.134 e. The molecule has 2 nitrogen and oxygen atoms in total. The third-order valence-corrected chi connectivity index (χ3v) is 3.80. The van der Waals surface area contributed by atoms with E-state index in [0.717, 1.165) is 35.2 Å². The summed E-state index contributed by atoms with van der Waals surface area (Å²) in [6, 6.07) is 11.8. The van der Waals surface area contributed by atoms with Gasteiger partial charge in [0, 0.05) is 10.6 Å². The standard InChI is InChI=1S/C18H24ClNO/c1-2-3-4-5-6-13-20-14-17-11-12-18(21-17)15-7-9-16(19)10-8-15/h7-12,20H,2-6,13-14H2,1H3. The molecular weight excluding hydrogens is 282 g/mol. The molecule has 0 aliphatic rings. The fourth-order valence-corrected chi connectivity index (χ4v) is 2.43. The Morgan fingerprint density at radius 1 is 0.952 bits per heavy atom. The van der Waals surface area contributed by atoms with Gasteiger partial charge in [0.2, 0.25) is 0 Å². The minimum absolute atomic E-state index is 0.746. The Balaban J connectivity index is 1.72. The van der Waals surface area contributed by atoms with Crippen molar-refractivity contribution in [1.82, 2.24) is 5.32 Å². The van der Waals surface area contributed by atoms with E-state index in [-0.39, 0.29) is 0 Å². The summed E-state index contributed by atoms with van der Waals surface area (Å²) in [5.74, 6) is 1.87. The minimum atomic E-state index is 0.746. The number of hydrogen-bond acceptors (Lipinski definition) is 2. The third kappa shape index (κ3) is 5.56. The lowest BCUT2D eigenvalue weighted by atomic mass is 10.1. The van der Waals surface area contributed by atoms with Crippen molar-refractivity contribution in [3.63, 3.8) is 0 Å². The van der Waals surface area contributed by atoms with Crippen LogP contribution in [0.5, 0.6) is 0 Å². The highest BCUT2D eigenvalue weighted by atomic mass is 35.5. The van der Waals surface area contributed by atoms with Crippen LogP contribution in [0.15, 0.2) is 40.8 Å². The van der Waals surface area contributed by atoms with Gasteiger partial charge in [-0.25, -0.2) is 0 Å². The number of halogens is 1. The number of benzene rings is 1. The van der Waals surface area contributed by atoms with Gasteiger partial charge in [-0.05, 0) is 49.4 Å². The number of hydrogen-bond donors (Lipinski definition) is 1. The molecule has 0 fully saturated rings. The van der Waals surface area contributed by atoms with Crippen molar-refractivity contribution in [2.24, 2.45) is 0 Å². The average Bonchev–Trinajstić information content (AvgIpc) is 2.96. The van der Waals surface area contributed by atoms with Crippen molar-refractivity contribution in [3.8, 4) is 11.3 Å². The Labute approximate surface area is 132 Å². The molecule has 0 radical (unpaired) electrons. The van der Waals surface area contributed by atoms with Gasteiger partial charge in [0.1, 0.15) is 11.5 Å². The van der Waals surface area contributed by atoms with Gasteiger partial charge in [-0.1, -0.05) is 44.2 Å². The molecule has 0 atom stereocenters. The number of nitrogens with one attached hydrogen (secondary N) is 1. The Morgan fingerprint density at radius 3 is 2.48 bits per heavy atom. The van der Waals surface area contributed by atoms with Crippen LogP contribution in [-0.4, -0.2) is 6.54 Å². The molecule has 1 aromatic heterocycles. The molecule has 0 aliphatic heterocycles. The van der Waals surface area contributed by atoms with Crippen molar-refractivity contribution >= 4 is 11.6 Å². The highest BCUT2D eigenvalue weighted by Gasteiger charge is 2.04. The van der Waals surface area contributed by atoms with Crippen molar-refractivity contribution in [2.45, 2.75) is 45.6 Å². The lowest BCUT2D eigenvalue weighted by Gasteiger charge is -2.03. The van der Waals surface area contributed by atoms with Gasteiger partial charge in [-0.15, -0.1) is 0 Å². The molecule has 2 aromatic rings. The molecule has 0 saturated carbocycles. The van der Waals surface area contributed by atoms with Crippen LogP contribution in [0.25, 0.3) is 11.3 Å². The van der Waals surface area contributed by atoms with Gasteiger partial charge in [0.25, 0.3) is 0 Å². The molecule has 0 aliphatic carbocycles. The second kappa shape index (κ2) is 8.91. The molecule has 21 heavy (non-hydrogen) atoms. The van der Waals surface area contributed by atoms with E-state index in [1.54, 1.807) is 0 Å². The van der Waals surface area contributed by atoms with E-state index in [1.807, 2.05) is 36.4 Å². The first kappa shape index (κ1) is 16.1. The molecule has 114 valence electrons. The maximum atomic E-state index is 5.89. The van der Waals surface area contributed by atoms with E-state index in [1.165, 1.54) is 32.1 Å².